The van der Waals surface area contributed by atoms with Gasteiger partial charge in [-0.1, -0.05) is 23.7 Å². The van der Waals surface area contributed by atoms with Crippen molar-refractivity contribution in [3.8, 4) is 0 Å². The molecule has 1 nitrogen and oxygen atoms in total. The van der Waals surface area contributed by atoms with E-state index in [-0.39, 0.29) is 16.9 Å². The van der Waals surface area contributed by atoms with Crippen LogP contribution in [-0.2, 0) is 6.42 Å². The zero-order valence-electron chi connectivity index (χ0n) is 9.41. The van der Waals surface area contributed by atoms with Crippen LogP contribution >= 0.6 is 22.9 Å². The van der Waals surface area contributed by atoms with Crippen molar-refractivity contribution in [1.29, 1.82) is 0 Å². The zero-order chi connectivity index (χ0) is 12.4. The Morgan fingerprint density at radius 1 is 1.47 bits per heavy atom. The van der Waals surface area contributed by atoms with Crippen LogP contribution in [-0.4, -0.2) is 0 Å². The summed E-state index contributed by atoms with van der Waals surface area (Å²) in [5.74, 6) is -0.364. The lowest BCUT2D eigenvalue weighted by Gasteiger charge is -2.11. The average Bonchev–Trinajstić information content (AvgIpc) is 2.72. The number of hydrogen-bond acceptors (Lipinski definition) is 2. The van der Waals surface area contributed by atoms with Crippen LogP contribution in [0.15, 0.2) is 29.6 Å². The molecule has 17 heavy (non-hydrogen) atoms. The molecule has 0 aliphatic rings. The molecule has 4 heteroatoms. The highest BCUT2D eigenvalue weighted by Crippen LogP contribution is 2.25. The number of thiophene rings is 1. The van der Waals surface area contributed by atoms with Crippen molar-refractivity contribution < 1.29 is 4.39 Å². The fraction of sp³-hybridized carbons (Fsp3) is 0.231. The monoisotopic (exact) mass is 269 g/mol. The number of nitrogens with two attached hydrogens (primary N) is 1. The molecule has 1 unspecified atom stereocenters. The maximum Gasteiger partial charge on any atom is 0.145 e. The Balaban J connectivity index is 2.18. The maximum atomic E-state index is 13.7. The van der Waals surface area contributed by atoms with E-state index in [9.17, 15) is 4.39 Å². The summed E-state index contributed by atoms with van der Waals surface area (Å²) in [6.45, 7) is 2.03. The summed E-state index contributed by atoms with van der Waals surface area (Å²) in [4.78, 5) is 1.21. The predicted octanol–water partition coefficient (Wildman–Crippen LogP) is 4.09. The third-order valence-electron chi connectivity index (χ3n) is 2.65. The lowest BCUT2D eigenvalue weighted by molar-refractivity contribution is 0.594. The lowest BCUT2D eigenvalue weighted by atomic mass is 10.0. The van der Waals surface area contributed by atoms with E-state index < -0.39 is 0 Å². The standard InChI is InChI=1S/C13H13ClFNS/c1-8-5-10(7-17-8)12(16)6-9-3-2-4-11(14)13(9)15/h2-5,7,12H,6,16H2,1H3. The van der Waals surface area contributed by atoms with E-state index >= 15 is 0 Å². The molecule has 0 spiro atoms. The van der Waals surface area contributed by atoms with Gasteiger partial charge in [0, 0.05) is 10.9 Å². The van der Waals surface area contributed by atoms with Gasteiger partial charge in [-0.15, -0.1) is 11.3 Å². The molecule has 0 fully saturated rings. The number of benzene rings is 1. The van der Waals surface area contributed by atoms with Crippen molar-refractivity contribution in [3.05, 3.63) is 56.5 Å². The number of hydrogen-bond donors (Lipinski definition) is 1. The van der Waals surface area contributed by atoms with Gasteiger partial charge in [0.25, 0.3) is 0 Å². The third-order valence-corrected chi connectivity index (χ3v) is 3.82. The van der Waals surface area contributed by atoms with E-state index in [0.29, 0.717) is 12.0 Å². The molecule has 0 bridgehead atoms. The molecule has 0 aliphatic heterocycles. The number of aryl methyl sites for hydroxylation is 1. The van der Waals surface area contributed by atoms with Gasteiger partial charge in [0.2, 0.25) is 0 Å². The van der Waals surface area contributed by atoms with Crippen LogP contribution in [0.25, 0.3) is 0 Å². The Kier molecular flexibility index (Phi) is 3.82. The predicted molar refractivity (Wildman–Crippen MR) is 71.1 cm³/mol. The van der Waals surface area contributed by atoms with E-state index in [1.54, 1.807) is 29.5 Å². The zero-order valence-corrected chi connectivity index (χ0v) is 11.0. The van der Waals surface area contributed by atoms with Gasteiger partial charge in [-0.2, -0.15) is 0 Å². The first-order valence-corrected chi connectivity index (χ1v) is 6.57. The Hall–Kier alpha value is -0.900. The number of halogens is 2. The Morgan fingerprint density at radius 2 is 2.24 bits per heavy atom. The average molecular weight is 270 g/mol. The highest BCUT2D eigenvalue weighted by Gasteiger charge is 2.13. The Labute approximate surface area is 109 Å². The van der Waals surface area contributed by atoms with Crippen LogP contribution in [0.2, 0.25) is 5.02 Å². The second-order valence-corrected chi connectivity index (χ2v) is 5.54. The summed E-state index contributed by atoms with van der Waals surface area (Å²) in [6.07, 6.45) is 0.461. The maximum absolute atomic E-state index is 13.7. The van der Waals surface area contributed by atoms with Gasteiger partial charge in [0.05, 0.1) is 5.02 Å². The molecule has 0 saturated heterocycles. The largest absolute Gasteiger partial charge is 0.324 e. The molecule has 0 saturated carbocycles. The summed E-state index contributed by atoms with van der Waals surface area (Å²) >= 11 is 7.38. The second-order valence-electron chi connectivity index (χ2n) is 4.01. The highest BCUT2D eigenvalue weighted by molar-refractivity contribution is 7.10. The summed E-state index contributed by atoms with van der Waals surface area (Å²) in [5.41, 5.74) is 7.67. The van der Waals surface area contributed by atoms with Crippen LogP contribution in [0.3, 0.4) is 0 Å². The molecule has 2 aromatic rings. The molecule has 0 radical (unpaired) electrons. The smallest absolute Gasteiger partial charge is 0.145 e. The van der Waals surface area contributed by atoms with Gasteiger partial charge in [-0.25, -0.2) is 4.39 Å². The van der Waals surface area contributed by atoms with Gasteiger partial charge in [-0.05, 0) is 42.0 Å². The van der Waals surface area contributed by atoms with Crippen LogP contribution in [0.4, 0.5) is 4.39 Å². The summed E-state index contributed by atoms with van der Waals surface area (Å²) in [5, 5.41) is 2.17. The summed E-state index contributed by atoms with van der Waals surface area (Å²) < 4.78 is 13.7. The van der Waals surface area contributed by atoms with Gasteiger partial charge < -0.3 is 5.73 Å². The normalized spacial score (nSPS) is 12.7. The Morgan fingerprint density at radius 3 is 2.88 bits per heavy atom. The minimum absolute atomic E-state index is 0.149. The van der Waals surface area contributed by atoms with Crippen molar-refractivity contribution in [2.75, 3.05) is 0 Å². The first-order chi connectivity index (χ1) is 8.08. The first kappa shape index (κ1) is 12.6. The first-order valence-electron chi connectivity index (χ1n) is 5.31. The fourth-order valence-corrected chi connectivity index (χ4v) is 2.68. The van der Waals surface area contributed by atoms with Crippen LogP contribution < -0.4 is 5.73 Å². The highest BCUT2D eigenvalue weighted by atomic mass is 35.5. The minimum Gasteiger partial charge on any atom is -0.324 e. The molecule has 90 valence electrons. The van der Waals surface area contributed by atoms with Crippen molar-refractivity contribution in [2.24, 2.45) is 5.73 Å². The van der Waals surface area contributed by atoms with Gasteiger partial charge in [0.1, 0.15) is 5.82 Å². The lowest BCUT2D eigenvalue weighted by Crippen LogP contribution is -2.13. The number of rotatable bonds is 3. The van der Waals surface area contributed by atoms with Crippen molar-refractivity contribution in [1.82, 2.24) is 0 Å². The summed E-state index contributed by atoms with van der Waals surface area (Å²) in [6, 6.07) is 6.86. The molecule has 0 aliphatic carbocycles. The van der Waals surface area contributed by atoms with Gasteiger partial charge >= 0.3 is 0 Å². The minimum atomic E-state index is -0.364. The summed E-state index contributed by atoms with van der Waals surface area (Å²) in [7, 11) is 0. The van der Waals surface area contributed by atoms with Crippen LogP contribution in [0.5, 0.6) is 0 Å². The second kappa shape index (κ2) is 5.17. The quantitative estimate of drug-likeness (QED) is 0.892. The molecule has 1 heterocycles. The van der Waals surface area contributed by atoms with E-state index in [1.807, 2.05) is 18.4 Å². The van der Waals surface area contributed by atoms with Crippen LogP contribution in [0, 0.1) is 12.7 Å². The fourth-order valence-electron chi connectivity index (χ4n) is 1.72. The SMILES string of the molecule is Cc1cc(C(N)Cc2cccc(Cl)c2F)cs1. The molecule has 2 N–H and O–H groups in total. The molecular formula is C13H13ClFNS. The Bertz CT molecular complexity index is 524. The van der Waals surface area contributed by atoms with E-state index in [4.69, 9.17) is 17.3 Å². The van der Waals surface area contributed by atoms with Crippen molar-refractivity contribution >= 4 is 22.9 Å². The van der Waals surface area contributed by atoms with Gasteiger partial charge in [0.15, 0.2) is 0 Å². The van der Waals surface area contributed by atoms with Crippen molar-refractivity contribution in [3.63, 3.8) is 0 Å². The van der Waals surface area contributed by atoms with Gasteiger partial charge in [-0.3, -0.25) is 0 Å². The molecular weight excluding hydrogens is 257 g/mol. The van der Waals surface area contributed by atoms with E-state index in [2.05, 4.69) is 0 Å². The molecule has 0 amide bonds. The third kappa shape index (κ3) is 2.86. The molecule has 2 rings (SSSR count). The van der Waals surface area contributed by atoms with E-state index in [0.717, 1.165) is 5.56 Å². The van der Waals surface area contributed by atoms with E-state index in [1.165, 1.54) is 4.88 Å². The molecule has 1 aromatic carbocycles. The topological polar surface area (TPSA) is 26.0 Å². The van der Waals surface area contributed by atoms with Crippen LogP contribution in [0.1, 0.15) is 22.0 Å². The molecule has 1 aromatic heterocycles. The molecule has 1 atom stereocenters. The van der Waals surface area contributed by atoms with Crippen molar-refractivity contribution in [2.45, 2.75) is 19.4 Å².